The van der Waals surface area contributed by atoms with Crippen LogP contribution in [-0.4, -0.2) is 69.8 Å². The SMILES string of the molecule is C[C@H](NC(=O)N1CCN(C(=O)CCc2c[nH]c3ccccc23)CC1)C(=O)NCc1ccccn1. The number of H-pyrrole nitrogens is 1. The molecule has 0 radical (unpaired) electrons. The Kier molecular flexibility index (Phi) is 7.41. The van der Waals surface area contributed by atoms with E-state index in [-0.39, 0.29) is 17.8 Å². The number of carbonyl (C=O) groups excluding carboxylic acids is 3. The van der Waals surface area contributed by atoms with Crippen LogP contribution in [0.2, 0.25) is 0 Å². The molecule has 3 N–H and O–H groups in total. The molecule has 3 aromatic rings. The molecule has 0 spiro atoms. The zero-order chi connectivity index (χ0) is 23.9. The van der Waals surface area contributed by atoms with Gasteiger partial charge in [-0.3, -0.25) is 14.6 Å². The largest absolute Gasteiger partial charge is 0.361 e. The van der Waals surface area contributed by atoms with Gasteiger partial charge in [-0.25, -0.2) is 4.79 Å². The van der Waals surface area contributed by atoms with Gasteiger partial charge in [0, 0.05) is 55.9 Å². The minimum Gasteiger partial charge on any atom is -0.361 e. The van der Waals surface area contributed by atoms with Gasteiger partial charge in [0.15, 0.2) is 0 Å². The first-order valence-corrected chi connectivity index (χ1v) is 11.6. The third-order valence-corrected chi connectivity index (χ3v) is 6.11. The highest BCUT2D eigenvalue weighted by Gasteiger charge is 2.26. The van der Waals surface area contributed by atoms with Crippen molar-refractivity contribution in [2.24, 2.45) is 0 Å². The summed E-state index contributed by atoms with van der Waals surface area (Å²) in [4.78, 5) is 48.4. The quantitative estimate of drug-likeness (QED) is 0.499. The number of hydrogen-bond donors (Lipinski definition) is 3. The molecule has 4 rings (SSSR count). The minimum atomic E-state index is -0.674. The fourth-order valence-corrected chi connectivity index (χ4v) is 4.07. The lowest BCUT2D eigenvalue weighted by molar-refractivity contribution is -0.132. The van der Waals surface area contributed by atoms with E-state index in [0.29, 0.717) is 45.6 Å². The number of rotatable bonds is 7. The fraction of sp³-hybridized carbons (Fsp3) is 0.360. The first-order chi connectivity index (χ1) is 16.5. The van der Waals surface area contributed by atoms with Crippen LogP contribution in [0.1, 0.15) is 24.6 Å². The molecule has 1 atom stereocenters. The van der Waals surface area contributed by atoms with Crippen molar-refractivity contribution in [3.8, 4) is 0 Å². The predicted molar refractivity (Wildman–Crippen MR) is 129 cm³/mol. The number of benzene rings is 1. The third kappa shape index (κ3) is 5.72. The van der Waals surface area contributed by atoms with Crippen LogP contribution in [0, 0.1) is 0 Å². The lowest BCUT2D eigenvalue weighted by Crippen LogP contribution is -2.56. The van der Waals surface area contributed by atoms with Crippen molar-refractivity contribution in [2.75, 3.05) is 26.2 Å². The Morgan fingerprint density at radius 2 is 1.76 bits per heavy atom. The Hall–Kier alpha value is -3.88. The lowest BCUT2D eigenvalue weighted by Gasteiger charge is -2.35. The average Bonchev–Trinajstić information content (AvgIpc) is 3.29. The number of nitrogens with zero attached hydrogens (tertiary/aromatic N) is 3. The van der Waals surface area contributed by atoms with Gasteiger partial charge in [-0.15, -0.1) is 0 Å². The van der Waals surface area contributed by atoms with E-state index in [0.717, 1.165) is 22.2 Å². The predicted octanol–water partition coefficient (Wildman–Crippen LogP) is 2.05. The van der Waals surface area contributed by atoms with E-state index in [2.05, 4.69) is 26.7 Å². The Balaban J connectivity index is 1.18. The maximum absolute atomic E-state index is 12.7. The zero-order valence-electron chi connectivity index (χ0n) is 19.3. The van der Waals surface area contributed by atoms with Crippen molar-refractivity contribution in [1.82, 2.24) is 30.4 Å². The third-order valence-electron chi connectivity index (χ3n) is 6.11. The summed E-state index contributed by atoms with van der Waals surface area (Å²) in [6.07, 6.45) is 4.74. The van der Waals surface area contributed by atoms with Gasteiger partial charge >= 0.3 is 6.03 Å². The molecule has 0 bridgehead atoms. The number of urea groups is 1. The average molecular weight is 463 g/mol. The molecule has 0 aliphatic carbocycles. The molecule has 0 unspecified atom stereocenters. The number of amides is 4. The first kappa shape index (κ1) is 23.3. The molecule has 2 aromatic heterocycles. The van der Waals surface area contributed by atoms with E-state index in [1.807, 2.05) is 47.5 Å². The lowest BCUT2D eigenvalue weighted by atomic mass is 10.1. The van der Waals surface area contributed by atoms with Gasteiger partial charge < -0.3 is 25.4 Å². The number of pyridine rings is 1. The van der Waals surface area contributed by atoms with Crippen LogP contribution < -0.4 is 10.6 Å². The molecule has 34 heavy (non-hydrogen) atoms. The number of aromatic nitrogens is 2. The summed E-state index contributed by atoms with van der Waals surface area (Å²) >= 11 is 0. The van der Waals surface area contributed by atoms with Gasteiger partial charge in [-0.2, -0.15) is 0 Å². The summed E-state index contributed by atoms with van der Waals surface area (Å²) < 4.78 is 0. The van der Waals surface area contributed by atoms with Crippen molar-refractivity contribution in [3.63, 3.8) is 0 Å². The minimum absolute atomic E-state index is 0.0904. The molecule has 1 aliphatic rings. The molecule has 1 aliphatic heterocycles. The van der Waals surface area contributed by atoms with Crippen LogP contribution in [0.25, 0.3) is 10.9 Å². The van der Waals surface area contributed by atoms with Crippen molar-refractivity contribution in [3.05, 3.63) is 66.1 Å². The van der Waals surface area contributed by atoms with Gasteiger partial charge in [0.05, 0.1) is 12.2 Å². The van der Waals surface area contributed by atoms with E-state index >= 15 is 0 Å². The fourth-order valence-electron chi connectivity index (χ4n) is 4.07. The second-order valence-corrected chi connectivity index (χ2v) is 8.44. The topological polar surface area (TPSA) is 110 Å². The zero-order valence-corrected chi connectivity index (χ0v) is 19.3. The smallest absolute Gasteiger partial charge is 0.318 e. The van der Waals surface area contributed by atoms with Gasteiger partial charge in [0.1, 0.15) is 6.04 Å². The standard InChI is InChI=1S/C25H30N6O3/c1-18(24(33)28-17-20-6-4-5-11-26-20)29-25(34)31-14-12-30(13-15-31)23(32)10-9-19-16-27-22-8-3-2-7-21(19)22/h2-8,11,16,18,27H,9-10,12-15,17H2,1H3,(H,28,33)(H,29,34)/t18-/m0/s1. The molecule has 4 amide bonds. The molecule has 178 valence electrons. The van der Waals surface area contributed by atoms with Gasteiger partial charge in [0.2, 0.25) is 11.8 Å². The highest BCUT2D eigenvalue weighted by atomic mass is 16.2. The Morgan fingerprint density at radius 3 is 2.53 bits per heavy atom. The molecule has 0 saturated carbocycles. The van der Waals surface area contributed by atoms with Crippen LogP contribution >= 0.6 is 0 Å². The summed E-state index contributed by atoms with van der Waals surface area (Å²) in [7, 11) is 0. The van der Waals surface area contributed by atoms with E-state index in [1.54, 1.807) is 18.0 Å². The van der Waals surface area contributed by atoms with E-state index < -0.39 is 6.04 Å². The number of carbonyl (C=O) groups is 3. The van der Waals surface area contributed by atoms with E-state index in [1.165, 1.54) is 0 Å². The first-order valence-electron chi connectivity index (χ1n) is 11.6. The molecule has 1 fully saturated rings. The maximum Gasteiger partial charge on any atom is 0.318 e. The van der Waals surface area contributed by atoms with Crippen LogP contribution in [0.3, 0.4) is 0 Å². The number of aromatic amines is 1. The molecule has 9 nitrogen and oxygen atoms in total. The van der Waals surface area contributed by atoms with Crippen molar-refractivity contribution >= 4 is 28.7 Å². The maximum atomic E-state index is 12.7. The van der Waals surface area contributed by atoms with E-state index in [9.17, 15) is 14.4 Å². The van der Waals surface area contributed by atoms with Crippen LogP contribution in [0.5, 0.6) is 0 Å². The number of piperazine rings is 1. The number of aryl methyl sites for hydroxylation is 1. The Morgan fingerprint density at radius 1 is 1.03 bits per heavy atom. The van der Waals surface area contributed by atoms with E-state index in [4.69, 9.17) is 0 Å². The van der Waals surface area contributed by atoms with Crippen molar-refractivity contribution in [1.29, 1.82) is 0 Å². The Bertz CT molecular complexity index is 1140. The number of nitrogens with one attached hydrogen (secondary N) is 3. The van der Waals surface area contributed by atoms with Crippen molar-refractivity contribution in [2.45, 2.75) is 32.4 Å². The molecule has 9 heteroatoms. The highest BCUT2D eigenvalue weighted by Crippen LogP contribution is 2.19. The van der Waals surface area contributed by atoms with Gasteiger partial charge in [-0.05, 0) is 37.1 Å². The summed E-state index contributed by atoms with van der Waals surface area (Å²) in [6, 6.07) is 12.6. The van der Waals surface area contributed by atoms with Crippen LogP contribution in [0.15, 0.2) is 54.9 Å². The second-order valence-electron chi connectivity index (χ2n) is 8.44. The summed E-state index contributed by atoms with van der Waals surface area (Å²) in [5.41, 5.74) is 2.96. The molecule has 1 aromatic carbocycles. The van der Waals surface area contributed by atoms with Crippen LogP contribution in [-0.2, 0) is 22.6 Å². The molecular weight excluding hydrogens is 432 g/mol. The summed E-state index contributed by atoms with van der Waals surface area (Å²) in [5, 5.41) is 6.66. The molecular formula is C25H30N6O3. The molecule has 3 heterocycles. The normalized spacial score (nSPS) is 14.6. The summed E-state index contributed by atoms with van der Waals surface area (Å²) in [6.45, 7) is 3.80. The van der Waals surface area contributed by atoms with Gasteiger partial charge in [0.25, 0.3) is 0 Å². The monoisotopic (exact) mass is 462 g/mol. The Labute approximate surface area is 198 Å². The summed E-state index contributed by atoms with van der Waals surface area (Å²) in [5.74, 6) is -0.183. The number of hydrogen-bond acceptors (Lipinski definition) is 4. The van der Waals surface area contributed by atoms with Crippen molar-refractivity contribution < 1.29 is 14.4 Å². The molecule has 1 saturated heterocycles. The number of para-hydroxylation sites is 1. The number of fused-ring (bicyclic) bond motifs is 1. The van der Waals surface area contributed by atoms with Crippen LogP contribution in [0.4, 0.5) is 4.79 Å². The highest BCUT2D eigenvalue weighted by molar-refractivity contribution is 5.87. The van der Waals surface area contributed by atoms with Gasteiger partial charge in [-0.1, -0.05) is 24.3 Å². The second kappa shape index (κ2) is 10.8.